The normalized spacial score (nSPS) is 14.4. The number of ether oxygens (including phenoxy) is 2. The third-order valence-electron chi connectivity index (χ3n) is 6.84. The molecule has 0 saturated carbocycles. The number of nitrogens with one attached hydrogen (secondary N) is 3. The van der Waals surface area contributed by atoms with Gasteiger partial charge in [0.2, 0.25) is 0 Å². The van der Waals surface area contributed by atoms with Crippen LogP contribution in [0, 0.1) is 0 Å². The van der Waals surface area contributed by atoms with E-state index in [0.717, 1.165) is 77.4 Å². The maximum atomic E-state index is 13.2. The van der Waals surface area contributed by atoms with Gasteiger partial charge in [0.15, 0.2) is 0 Å². The molecule has 3 aromatic carbocycles. The molecule has 1 saturated heterocycles. The predicted molar refractivity (Wildman–Crippen MR) is 152 cm³/mol. The molecule has 1 aromatic heterocycles. The Morgan fingerprint density at radius 1 is 1.03 bits per heavy atom. The average Bonchev–Trinajstić information content (AvgIpc) is 3.45. The number of H-pyrrole nitrogens is 1. The van der Waals surface area contributed by atoms with Crippen molar-refractivity contribution in [2.24, 2.45) is 0 Å². The molecule has 0 spiro atoms. The summed E-state index contributed by atoms with van der Waals surface area (Å²) >= 11 is 0. The van der Waals surface area contributed by atoms with Crippen molar-refractivity contribution >= 4 is 28.2 Å². The van der Waals surface area contributed by atoms with E-state index in [-0.39, 0.29) is 11.4 Å². The zero-order valence-electron chi connectivity index (χ0n) is 22.2. The third kappa shape index (κ3) is 5.98. The first-order valence-corrected chi connectivity index (χ1v) is 13.0. The summed E-state index contributed by atoms with van der Waals surface area (Å²) in [5.74, 6) is 0.806. The van der Waals surface area contributed by atoms with Gasteiger partial charge in [-0.15, -0.1) is 0 Å². The Balaban J connectivity index is 1.34. The highest BCUT2D eigenvalue weighted by Gasteiger charge is 2.18. The van der Waals surface area contributed by atoms with E-state index in [9.17, 15) is 4.79 Å². The fraction of sp³-hybridized carbons (Fsp3) is 0.333. The van der Waals surface area contributed by atoms with Gasteiger partial charge in [0.1, 0.15) is 12.4 Å². The number of amides is 2. The van der Waals surface area contributed by atoms with Crippen LogP contribution in [-0.2, 0) is 10.2 Å². The number of urea groups is 1. The van der Waals surface area contributed by atoms with Gasteiger partial charge in [-0.1, -0.05) is 57.2 Å². The van der Waals surface area contributed by atoms with Gasteiger partial charge in [0.25, 0.3) is 0 Å². The molecule has 8 heteroatoms. The molecule has 198 valence electrons. The summed E-state index contributed by atoms with van der Waals surface area (Å²) < 4.78 is 11.6. The first-order chi connectivity index (χ1) is 18.4. The molecular weight excluding hydrogens is 478 g/mol. The van der Waals surface area contributed by atoms with Crippen LogP contribution in [0.25, 0.3) is 21.9 Å². The summed E-state index contributed by atoms with van der Waals surface area (Å²) in [5, 5.41) is 14.9. The van der Waals surface area contributed by atoms with E-state index in [1.165, 1.54) is 0 Å². The van der Waals surface area contributed by atoms with Gasteiger partial charge in [0.05, 0.1) is 30.8 Å². The van der Waals surface area contributed by atoms with Crippen LogP contribution in [0.4, 0.5) is 16.2 Å². The highest BCUT2D eigenvalue weighted by molar-refractivity contribution is 6.08. The smallest absolute Gasteiger partial charge is 0.323 e. The number of fused-ring (bicyclic) bond motifs is 1. The van der Waals surface area contributed by atoms with Crippen LogP contribution in [0.15, 0.2) is 67.0 Å². The van der Waals surface area contributed by atoms with Gasteiger partial charge in [-0.05, 0) is 29.2 Å². The second kappa shape index (κ2) is 11.2. The van der Waals surface area contributed by atoms with E-state index in [2.05, 4.69) is 52.6 Å². The molecule has 3 N–H and O–H groups in total. The minimum atomic E-state index is -0.313. The maximum absolute atomic E-state index is 13.2. The molecule has 1 fully saturated rings. The highest BCUT2D eigenvalue weighted by Crippen LogP contribution is 2.34. The van der Waals surface area contributed by atoms with E-state index in [0.29, 0.717) is 6.61 Å². The van der Waals surface area contributed by atoms with Gasteiger partial charge in [-0.25, -0.2) is 4.79 Å². The molecule has 4 aromatic rings. The summed E-state index contributed by atoms with van der Waals surface area (Å²) in [7, 11) is 0. The monoisotopic (exact) mass is 513 g/mol. The Hall–Kier alpha value is -3.88. The predicted octanol–water partition coefficient (Wildman–Crippen LogP) is 5.88. The lowest BCUT2D eigenvalue weighted by atomic mass is 9.85. The molecule has 8 nitrogen and oxygen atoms in total. The molecule has 1 aliphatic heterocycles. The number of benzene rings is 3. The standard InChI is InChI=1S/C30H35N5O3/c1-30(2,3)22-8-9-23(21-19-31-32-20-21)27(18-22)34-29(36)33-26-10-11-28(25-7-5-4-6-24(25)26)38-17-14-35-12-15-37-16-13-35/h4-11,18-20H,12-17H2,1-3H3,(H,31,32)(H2,33,34,36). The Kier molecular flexibility index (Phi) is 7.62. The Morgan fingerprint density at radius 3 is 2.53 bits per heavy atom. The van der Waals surface area contributed by atoms with Crippen molar-refractivity contribution in [2.45, 2.75) is 26.2 Å². The Morgan fingerprint density at radius 2 is 1.79 bits per heavy atom. The number of anilines is 2. The number of hydrogen-bond acceptors (Lipinski definition) is 5. The zero-order valence-corrected chi connectivity index (χ0v) is 22.2. The minimum absolute atomic E-state index is 0.0599. The number of nitrogens with zero attached hydrogens (tertiary/aromatic N) is 2. The van der Waals surface area contributed by atoms with Crippen LogP contribution in [0.2, 0.25) is 0 Å². The van der Waals surface area contributed by atoms with Gasteiger partial charge in [-0.2, -0.15) is 5.10 Å². The Bertz CT molecular complexity index is 1390. The molecule has 0 atom stereocenters. The molecule has 1 aliphatic rings. The number of morpholine rings is 1. The van der Waals surface area contributed by atoms with E-state index < -0.39 is 0 Å². The SMILES string of the molecule is CC(C)(C)c1ccc(-c2cn[nH]c2)c(NC(=O)Nc2ccc(OCCN3CCOCC3)c3ccccc23)c1. The molecule has 2 amide bonds. The van der Waals surface area contributed by atoms with Crippen LogP contribution in [0.3, 0.4) is 0 Å². The summed E-state index contributed by atoms with van der Waals surface area (Å²) in [5.41, 5.74) is 4.32. The minimum Gasteiger partial charge on any atom is -0.492 e. The zero-order chi connectivity index (χ0) is 26.5. The topological polar surface area (TPSA) is 91.5 Å². The Labute approximate surface area is 223 Å². The maximum Gasteiger partial charge on any atom is 0.323 e. The van der Waals surface area contributed by atoms with Crippen LogP contribution in [0.5, 0.6) is 5.75 Å². The molecule has 5 rings (SSSR count). The van der Waals surface area contributed by atoms with Crippen LogP contribution in [0.1, 0.15) is 26.3 Å². The average molecular weight is 514 g/mol. The molecule has 0 aliphatic carbocycles. The van der Waals surface area contributed by atoms with E-state index in [1.54, 1.807) is 6.20 Å². The second-order valence-corrected chi connectivity index (χ2v) is 10.5. The largest absolute Gasteiger partial charge is 0.492 e. The van der Waals surface area contributed by atoms with Crippen LogP contribution < -0.4 is 15.4 Å². The number of carbonyl (C=O) groups excluding carboxylic acids is 1. The third-order valence-corrected chi connectivity index (χ3v) is 6.84. The molecule has 2 heterocycles. The first-order valence-electron chi connectivity index (χ1n) is 13.0. The highest BCUT2D eigenvalue weighted by atomic mass is 16.5. The fourth-order valence-electron chi connectivity index (χ4n) is 4.66. The van der Waals surface area contributed by atoms with Gasteiger partial charge >= 0.3 is 6.03 Å². The van der Waals surface area contributed by atoms with Crippen molar-refractivity contribution in [3.63, 3.8) is 0 Å². The van der Waals surface area contributed by atoms with Crippen molar-refractivity contribution in [1.29, 1.82) is 0 Å². The summed E-state index contributed by atoms with van der Waals surface area (Å²) in [4.78, 5) is 15.6. The van der Waals surface area contributed by atoms with E-state index in [1.807, 2.05) is 54.7 Å². The van der Waals surface area contributed by atoms with Crippen molar-refractivity contribution in [2.75, 3.05) is 50.1 Å². The van der Waals surface area contributed by atoms with Crippen LogP contribution >= 0.6 is 0 Å². The van der Waals surface area contributed by atoms with Gasteiger partial charge in [-0.3, -0.25) is 10.00 Å². The lowest BCUT2D eigenvalue weighted by Gasteiger charge is -2.26. The molecule has 0 radical (unpaired) electrons. The first kappa shape index (κ1) is 25.8. The molecular formula is C30H35N5O3. The second-order valence-electron chi connectivity index (χ2n) is 10.5. The van der Waals surface area contributed by atoms with Crippen LogP contribution in [-0.4, -0.2) is 60.6 Å². The number of hydrogen-bond donors (Lipinski definition) is 3. The number of aromatic nitrogens is 2. The number of aromatic amines is 1. The van der Waals surface area contributed by atoms with Crippen molar-refractivity contribution in [3.8, 4) is 16.9 Å². The summed E-state index contributed by atoms with van der Waals surface area (Å²) in [6, 6.07) is 17.6. The van der Waals surface area contributed by atoms with Crippen molar-refractivity contribution < 1.29 is 14.3 Å². The van der Waals surface area contributed by atoms with Gasteiger partial charge < -0.3 is 20.1 Å². The fourth-order valence-corrected chi connectivity index (χ4v) is 4.66. The number of carbonyl (C=O) groups is 1. The molecule has 0 unspecified atom stereocenters. The van der Waals surface area contributed by atoms with Gasteiger partial charge in [0, 0.05) is 47.7 Å². The molecule has 38 heavy (non-hydrogen) atoms. The van der Waals surface area contributed by atoms with E-state index >= 15 is 0 Å². The lowest BCUT2D eigenvalue weighted by molar-refractivity contribution is 0.0323. The quantitative estimate of drug-likeness (QED) is 0.287. The van der Waals surface area contributed by atoms with E-state index in [4.69, 9.17) is 9.47 Å². The summed E-state index contributed by atoms with van der Waals surface area (Å²) in [6.07, 6.45) is 3.57. The van der Waals surface area contributed by atoms with Crippen molar-refractivity contribution in [3.05, 3.63) is 72.6 Å². The van der Waals surface area contributed by atoms with Crippen molar-refractivity contribution in [1.82, 2.24) is 15.1 Å². The lowest BCUT2D eigenvalue weighted by Crippen LogP contribution is -2.38. The summed E-state index contributed by atoms with van der Waals surface area (Å²) in [6.45, 7) is 11.3. The molecule has 0 bridgehead atoms. The number of rotatable bonds is 7.